The summed E-state index contributed by atoms with van der Waals surface area (Å²) in [6.07, 6.45) is 3.03. The predicted molar refractivity (Wildman–Crippen MR) is 117 cm³/mol. The minimum absolute atomic E-state index is 0. The first-order valence-electron chi connectivity index (χ1n) is 9.61. The Morgan fingerprint density at radius 1 is 0.643 bits per heavy atom. The largest absolute Gasteiger partial charge is 1.00 e. The fourth-order valence-corrected chi connectivity index (χ4v) is 8.11. The van der Waals surface area contributed by atoms with Gasteiger partial charge in [0.2, 0.25) is 0 Å². The van der Waals surface area contributed by atoms with Crippen molar-refractivity contribution in [2.24, 2.45) is 0 Å². The van der Waals surface area contributed by atoms with Crippen molar-refractivity contribution in [3.8, 4) is 0 Å². The fraction of sp³-hybridized carbons (Fsp3) is 0.250. The first-order chi connectivity index (χ1) is 13.3. The van der Waals surface area contributed by atoms with Gasteiger partial charge >= 0.3 is 0 Å². The SMILES string of the molecule is OCC(O)CCCC[P+](c1ccccc1)(c1ccccc1)c1ccccc1.[Br-]. The highest BCUT2D eigenvalue weighted by Gasteiger charge is 2.44. The van der Waals surface area contributed by atoms with E-state index >= 15 is 0 Å². The Hall–Kier alpha value is -1.51. The molecule has 3 aromatic carbocycles. The molecule has 0 aliphatic rings. The average Bonchev–Trinajstić information content (AvgIpc) is 2.75. The van der Waals surface area contributed by atoms with Crippen LogP contribution in [0.4, 0.5) is 0 Å². The monoisotopic (exact) mass is 458 g/mol. The zero-order valence-corrected chi connectivity index (χ0v) is 18.5. The number of unbranched alkanes of at least 4 members (excludes halogenated alkanes) is 1. The summed E-state index contributed by atoms with van der Waals surface area (Å²) in [5, 5.41) is 23.0. The summed E-state index contributed by atoms with van der Waals surface area (Å²) in [5.74, 6) is 0. The smallest absolute Gasteiger partial charge is 0.112 e. The van der Waals surface area contributed by atoms with Crippen LogP contribution >= 0.6 is 7.26 Å². The highest BCUT2D eigenvalue weighted by Crippen LogP contribution is 2.55. The number of rotatable bonds is 9. The van der Waals surface area contributed by atoms with Crippen LogP contribution in [0.5, 0.6) is 0 Å². The minimum Gasteiger partial charge on any atom is -1.00 e. The van der Waals surface area contributed by atoms with E-state index in [9.17, 15) is 5.11 Å². The number of hydrogen-bond donors (Lipinski definition) is 2. The van der Waals surface area contributed by atoms with E-state index in [2.05, 4.69) is 91.0 Å². The van der Waals surface area contributed by atoms with Gasteiger partial charge in [-0.2, -0.15) is 0 Å². The molecule has 148 valence electrons. The van der Waals surface area contributed by atoms with E-state index < -0.39 is 13.4 Å². The van der Waals surface area contributed by atoms with Crippen molar-refractivity contribution in [1.82, 2.24) is 0 Å². The zero-order valence-electron chi connectivity index (χ0n) is 16.0. The predicted octanol–water partition coefficient (Wildman–Crippen LogP) is 0.508. The summed E-state index contributed by atoms with van der Waals surface area (Å²) < 4.78 is 0. The molecule has 0 aliphatic carbocycles. The third kappa shape index (κ3) is 5.30. The van der Waals surface area contributed by atoms with Gasteiger partial charge in [-0.1, -0.05) is 54.6 Å². The Kier molecular flexibility index (Phi) is 9.34. The zero-order chi connectivity index (χ0) is 19.0. The summed E-state index contributed by atoms with van der Waals surface area (Å²) in [6.45, 7) is -0.156. The first-order valence-corrected chi connectivity index (χ1v) is 11.6. The van der Waals surface area contributed by atoms with Gasteiger partial charge in [0.15, 0.2) is 0 Å². The van der Waals surface area contributed by atoms with E-state index in [-0.39, 0.29) is 23.6 Å². The lowest BCUT2D eigenvalue weighted by Crippen LogP contribution is -3.00. The summed E-state index contributed by atoms with van der Waals surface area (Å²) in [5.41, 5.74) is 0. The third-order valence-electron chi connectivity index (χ3n) is 5.08. The van der Waals surface area contributed by atoms with Crippen LogP contribution in [0.3, 0.4) is 0 Å². The van der Waals surface area contributed by atoms with Gasteiger partial charge in [0.1, 0.15) is 23.2 Å². The highest BCUT2D eigenvalue weighted by molar-refractivity contribution is 7.95. The van der Waals surface area contributed by atoms with Crippen molar-refractivity contribution in [2.45, 2.75) is 25.4 Å². The third-order valence-corrected chi connectivity index (χ3v) is 9.61. The molecule has 3 rings (SSSR count). The molecule has 4 heteroatoms. The maximum absolute atomic E-state index is 9.70. The van der Waals surface area contributed by atoms with Gasteiger partial charge < -0.3 is 27.2 Å². The summed E-state index contributed by atoms with van der Waals surface area (Å²) in [4.78, 5) is 0. The Bertz CT molecular complexity index is 700. The van der Waals surface area contributed by atoms with Gasteiger partial charge in [-0.25, -0.2) is 0 Å². The second kappa shape index (κ2) is 11.5. The molecule has 0 bridgehead atoms. The van der Waals surface area contributed by atoms with Gasteiger partial charge in [-0.05, 0) is 55.7 Å². The molecule has 1 unspecified atom stereocenters. The molecular weight excluding hydrogens is 431 g/mol. The Balaban J connectivity index is 0.00000280. The summed E-state index contributed by atoms with van der Waals surface area (Å²) in [6, 6.07) is 32.6. The van der Waals surface area contributed by atoms with Crippen LogP contribution in [0.1, 0.15) is 19.3 Å². The first kappa shape index (κ1) is 22.8. The number of benzene rings is 3. The van der Waals surface area contributed by atoms with Gasteiger partial charge in [0.25, 0.3) is 0 Å². The van der Waals surface area contributed by atoms with Crippen molar-refractivity contribution in [3.05, 3.63) is 91.0 Å². The van der Waals surface area contributed by atoms with E-state index in [4.69, 9.17) is 5.11 Å². The highest BCUT2D eigenvalue weighted by atomic mass is 79.9. The lowest BCUT2D eigenvalue weighted by Gasteiger charge is -2.27. The van der Waals surface area contributed by atoms with Gasteiger partial charge in [0.05, 0.1) is 18.9 Å². The van der Waals surface area contributed by atoms with E-state index in [1.807, 2.05) is 0 Å². The Morgan fingerprint density at radius 3 is 1.39 bits per heavy atom. The van der Waals surface area contributed by atoms with Crippen molar-refractivity contribution in [3.63, 3.8) is 0 Å². The molecule has 0 amide bonds. The number of halogens is 1. The van der Waals surface area contributed by atoms with Gasteiger partial charge in [-0.3, -0.25) is 0 Å². The molecule has 0 saturated carbocycles. The van der Waals surface area contributed by atoms with E-state index in [0.717, 1.165) is 19.0 Å². The molecule has 2 nitrogen and oxygen atoms in total. The molecule has 1 atom stereocenters. The molecule has 0 spiro atoms. The molecule has 28 heavy (non-hydrogen) atoms. The van der Waals surface area contributed by atoms with Crippen molar-refractivity contribution in [2.75, 3.05) is 12.8 Å². The van der Waals surface area contributed by atoms with Crippen molar-refractivity contribution in [1.29, 1.82) is 0 Å². The van der Waals surface area contributed by atoms with Crippen LogP contribution in [0, 0.1) is 0 Å². The van der Waals surface area contributed by atoms with Crippen LogP contribution in [-0.2, 0) is 0 Å². The van der Waals surface area contributed by atoms with Crippen LogP contribution in [0.2, 0.25) is 0 Å². The summed E-state index contributed by atoms with van der Waals surface area (Å²) >= 11 is 0. The van der Waals surface area contributed by atoms with E-state index in [1.54, 1.807) is 0 Å². The molecule has 0 radical (unpaired) electrons. The molecule has 0 heterocycles. The second-order valence-corrected chi connectivity index (χ2v) is 10.5. The molecule has 3 aromatic rings. The number of hydrogen-bond acceptors (Lipinski definition) is 2. The van der Waals surface area contributed by atoms with Crippen LogP contribution in [0.25, 0.3) is 0 Å². The van der Waals surface area contributed by atoms with Crippen LogP contribution in [-0.4, -0.2) is 29.1 Å². The molecule has 0 fully saturated rings. The number of aliphatic hydroxyl groups excluding tert-OH is 2. The van der Waals surface area contributed by atoms with E-state index in [0.29, 0.717) is 6.42 Å². The summed E-state index contributed by atoms with van der Waals surface area (Å²) in [7, 11) is -1.77. The second-order valence-electron chi connectivity index (χ2n) is 6.87. The lowest BCUT2D eigenvalue weighted by atomic mass is 10.2. The topological polar surface area (TPSA) is 40.5 Å². The van der Waals surface area contributed by atoms with Gasteiger partial charge in [-0.15, -0.1) is 0 Å². The number of aliphatic hydroxyl groups is 2. The quantitative estimate of drug-likeness (QED) is 0.362. The Labute approximate surface area is 179 Å². The van der Waals surface area contributed by atoms with Gasteiger partial charge in [0, 0.05) is 0 Å². The molecule has 0 aliphatic heterocycles. The van der Waals surface area contributed by atoms with Crippen LogP contribution < -0.4 is 32.9 Å². The minimum atomic E-state index is -1.77. The Morgan fingerprint density at radius 2 is 1.04 bits per heavy atom. The standard InChI is InChI=1S/C24H28O2P.BrH/c25-20-21(26)12-10-11-19-27(22-13-4-1-5-14-22,23-15-6-2-7-16-23)24-17-8-3-9-18-24;/h1-9,13-18,21,25-26H,10-12,19-20H2;1H/q+1;/p-1. The normalized spacial score (nSPS) is 12.2. The molecule has 0 aromatic heterocycles. The fourth-order valence-electron chi connectivity index (χ4n) is 3.70. The van der Waals surface area contributed by atoms with Crippen molar-refractivity contribution < 1.29 is 27.2 Å². The van der Waals surface area contributed by atoms with E-state index in [1.165, 1.54) is 15.9 Å². The molecule has 0 saturated heterocycles. The van der Waals surface area contributed by atoms with Crippen molar-refractivity contribution >= 4 is 23.2 Å². The molecular formula is C24H28BrO2P. The lowest BCUT2D eigenvalue weighted by molar-refractivity contribution is -0.00000740. The van der Waals surface area contributed by atoms with Crippen LogP contribution in [0.15, 0.2) is 91.0 Å². The molecule has 2 N–H and O–H groups in total. The maximum Gasteiger partial charge on any atom is 0.112 e. The maximum atomic E-state index is 9.70. The average molecular weight is 459 g/mol.